The summed E-state index contributed by atoms with van der Waals surface area (Å²) in [7, 11) is -3.40. The van der Waals surface area contributed by atoms with Crippen LogP contribution in [0, 0.1) is 0 Å². The van der Waals surface area contributed by atoms with Gasteiger partial charge in [-0.25, -0.2) is 13.2 Å². The summed E-state index contributed by atoms with van der Waals surface area (Å²) in [6.07, 6.45) is 2.70. The third-order valence-corrected chi connectivity index (χ3v) is 5.67. The molecule has 0 radical (unpaired) electrons. The van der Waals surface area contributed by atoms with Gasteiger partial charge in [-0.3, -0.25) is 0 Å². The molecular formula is C24H31NO4S. The van der Waals surface area contributed by atoms with E-state index in [0.717, 1.165) is 11.1 Å². The van der Waals surface area contributed by atoms with Crippen molar-refractivity contribution < 1.29 is 17.9 Å². The number of benzene rings is 2. The van der Waals surface area contributed by atoms with Gasteiger partial charge in [-0.15, -0.1) is 0 Å². The van der Waals surface area contributed by atoms with E-state index in [1.807, 2.05) is 60.7 Å². The minimum absolute atomic E-state index is 0.0192. The van der Waals surface area contributed by atoms with Gasteiger partial charge in [0.15, 0.2) is 9.84 Å². The Balaban J connectivity index is 2.02. The van der Waals surface area contributed by atoms with Crippen LogP contribution in [0.25, 0.3) is 0 Å². The first-order valence-electron chi connectivity index (χ1n) is 10.1. The Hall–Kier alpha value is -2.60. The maximum atomic E-state index is 12.5. The van der Waals surface area contributed by atoms with Gasteiger partial charge < -0.3 is 10.1 Å². The van der Waals surface area contributed by atoms with Gasteiger partial charge in [0.05, 0.1) is 11.8 Å². The molecule has 0 aliphatic heterocycles. The molecule has 2 aromatic carbocycles. The molecule has 162 valence electrons. The Labute approximate surface area is 180 Å². The minimum atomic E-state index is -3.40. The lowest BCUT2D eigenvalue weighted by molar-refractivity contribution is 0.0512. The van der Waals surface area contributed by atoms with Crippen molar-refractivity contribution in [2.45, 2.75) is 51.7 Å². The van der Waals surface area contributed by atoms with E-state index in [4.69, 9.17) is 4.74 Å². The van der Waals surface area contributed by atoms with Crippen LogP contribution in [0.2, 0.25) is 0 Å². The smallest absolute Gasteiger partial charge is 0.408 e. The largest absolute Gasteiger partial charge is 0.444 e. The van der Waals surface area contributed by atoms with Gasteiger partial charge in [0, 0.05) is 5.41 Å². The molecule has 0 unspecified atom stereocenters. The van der Waals surface area contributed by atoms with E-state index < -0.39 is 27.6 Å². The SMILES string of the molecule is CC(C)(C)OC(=O)N[C@H](/C=C/S(=O)(=O)CCc1ccccc1)CCc1ccccc1. The van der Waals surface area contributed by atoms with E-state index >= 15 is 0 Å². The first kappa shape index (κ1) is 23.7. The minimum Gasteiger partial charge on any atom is -0.444 e. The predicted molar refractivity (Wildman–Crippen MR) is 121 cm³/mol. The van der Waals surface area contributed by atoms with Crippen LogP contribution in [0.4, 0.5) is 4.79 Å². The van der Waals surface area contributed by atoms with Crippen LogP contribution < -0.4 is 5.32 Å². The number of hydrogen-bond acceptors (Lipinski definition) is 4. The molecule has 0 saturated heterocycles. The summed E-state index contributed by atoms with van der Waals surface area (Å²) in [6, 6.07) is 18.9. The monoisotopic (exact) mass is 429 g/mol. The molecule has 0 aliphatic rings. The van der Waals surface area contributed by atoms with E-state index in [-0.39, 0.29) is 5.75 Å². The molecule has 0 bridgehead atoms. The molecule has 0 heterocycles. The van der Waals surface area contributed by atoms with Crippen molar-refractivity contribution >= 4 is 15.9 Å². The Morgan fingerprint density at radius 3 is 2.03 bits per heavy atom. The topological polar surface area (TPSA) is 72.5 Å². The first-order chi connectivity index (χ1) is 14.1. The fourth-order valence-electron chi connectivity index (χ4n) is 2.83. The summed E-state index contributed by atoms with van der Waals surface area (Å²) in [5.41, 5.74) is 1.47. The van der Waals surface area contributed by atoms with Gasteiger partial charge in [-0.05, 0) is 51.2 Å². The zero-order valence-corrected chi connectivity index (χ0v) is 18.7. The predicted octanol–water partition coefficient (Wildman–Crippen LogP) is 4.68. The fraction of sp³-hybridized carbons (Fsp3) is 0.375. The quantitative estimate of drug-likeness (QED) is 0.628. The highest BCUT2D eigenvalue weighted by Gasteiger charge is 2.19. The van der Waals surface area contributed by atoms with Crippen molar-refractivity contribution in [3.63, 3.8) is 0 Å². The van der Waals surface area contributed by atoms with Crippen molar-refractivity contribution in [3.8, 4) is 0 Å². The fourth-order valence-corrected chi connectivity index (χ4v) is 3.92. The first-order valence-corrected chi connectivity index (χ1v) is 11.8. The highest BCUT2D eigenvalue weighted by Crippen LogP contribution is 2.11. The average molecular weight is 430 g/mol. The standard InChI is InChI=1S/C24H31NO4S/c1-24(2,3)29-23(26)25-22(15-14-20-10-6-4-7-11-20)17-19-30(27,28)18-16-21-12-8-5-9-13-21/h4-13,17,19,22H,14-16,18H2,1-3H3,(H,25,26)/b19-17+/t22-/m0/s1. The summed E-state index contributed by atoms with van der Waals surface area (Å²) in [5, 5.41) is 3.99. The van der Waals surface area contributed by atoms with Gasteiger partial charge in [0.1, 0.15) is 5.60 Å². The zero-order chi connectivity index (χ0) is 22.0. The lowest BCUT2D eigenvalue weighted by Gasteiger charge is -2.22. The van der Waals surface area contributed by atoms with Crippen LogP contribution >= 0.6 is 0 Å². The number of carbonyl (C=O) groups is 1. The van der Waals surface area contributed by atoms with Gasteiger partial charge in [-0.1, -0.05) is 66.7 Å². The normalized spacial score (nSPS) is 13.2. The summed E-state index contributed by atoms with van der Waals surface area (Å²) >= 11 is 0. The van der Waals surface area contributed by atoms with Crippen molar-refractivity contribution in [1.29, 1.82) is 0 Å². The van der Waals surface area contributed by atoms with Crippen LogP contribution in [-0.2, 0) is 27.4 Å². The number of hydrogen-bond donors (Lipinski definition) is 1. The van der Waals surface area contributed by atoms with E-state index in [1.165, 1.54) is 5.41 Å². The van der Waals surface area contributed by atoms with Crippen molar-refractivity contribution in [2.24, 2.45) is 0 Å². The molecule has 1 atom stereocenters. The summed E-state index contributed by atoms with van der Waals surface area (Å²) in [4.78, 5) is 12.2. The van der Waals surface area contributed by atoms with Gasteiger partial charge in [0.25, 0.3) is 0 Å². The van der Waals surface area contributed by atoms with Crippen LogP contribution in [-0.4, -0.2) is 31.9 Å². The Kier molecular flexibility index (Phi) is 8.66. The summed E-state index contributed by atoms with van der Waals surface area (Å²) < 4.78 is 30.3. The number of aryl methyl sites for hydroxylation is 2. The van der Waals surface area contributed by atoms with E-state index in [1.54, 1.807) is 26.8 Å². The summed E-state index contributed by atoms with van der Waals surface area (Å²) in [5.74, 6) is 0.0192. The molecule has 0 spiro atoms. The molecule has 1 N–H and O–H groups in total. The highest BCUT2D eigenvalue weighted by atomic mass is 32.2. The summed E-state index contributed by atoms with van der Waals surface area (Å²) in [6.45, 7) is 5.36. The van der Waals surface area contributed by atoms with Crippen molar-refractivity contribution in [2.75, 3.05) is 5.75 Å². The Morgan fingerprint density at radius 2 is 1.50 bits per heavy atom. The molecule has 6 heteroatoms. The molecule has 2 aromatic rings. The molecule has 5 nitrogen and oxygen atoms in total. The highest BCUT2D eigenvalue weighted by molar-refractivity contribution is 7.94. The van der Waals surface area contributed by atoms with E-state index in [9.17, 15) is 13.2 Å². The third-order valence-electron chi connectivity index (χ3n) is 4.33. The maximum absolute atomic E-state index is 12.5. The average Bonchev–Trinajstić information content (AvgIpc) is 2.69. The van der Waals surface area contributed by atoms with Crippen molar-refractivity contribution in [1.82, 2.24) is 5.32 Å². The number of ether oxygens (including phenoxy) is 1. The number of sulfone groups is 1. The van der Waals surface area contributed by atoms with Crippen LogP contribution in [0.3, 0.4) is 0 Å². The second-order valence-corrected chi connectivity index (χ2v) is 10.2. The molecule has 0 saturated carbocycles. The second-order valence-electron chi connectivity index (χ2n) is 8.21. The maximum Gasteiger partial charge on any atom is 0.408 e. The van der Waals surface area contributed by atoms with E-state index in [0.29, 0.717) is 19.3 Å². The number of nitrogens with one attached hydrogen (secondary N) is 1. The molecule has 0 fully saturated rings. The lowest BCUT2D eigenvalue weighted by Crippen LogP contribution is -2.38. The molecule has 1 amide bonds. The Bertz CT molecular complexity index is 917. The number of amides is 1. The van der Waals surface area contributed by atoms with Crippen LogP contribution in [0.5, 0.6) is 0 Å². The molecule has 0 aromatic heterocycles. The third kappa shape index (κ3) is 9.74. The van der Waals surface area contributed by atoms with Gasteiger partial charge in [-0.2, -0.15) is 0 Å². The number of rotatable bonds is 9. The van der Waals surface area contributed by atoms with Crippen LogP contribution in [0.1, 0.15) is 38.3 Å². The Morgan fingerprint density at radius 1 is 0.967 bits per heavy atom. The molecule has 0 aliphatic carbocycles. The number of carbonyl (C=O) groups excluding carboxylic acids is 1. The molecule has 2 rings (SSSR count). The zero-order valence-electron chi connectivity index (χ0n) is 17.9. The van der Waals surface area contributed by atoms with Crippen LogP contribution in [0.15, 0.2) is 72.1 Å². The molecular weight excluding hydrogens is 398 g/mol. The van der Waals surface area contributed by atoms with Crippen molar-refractivity contribution in [3.05, 3.63) is 83.3 Å². The molecule has 30 heavy (non-hydrogen) atoms. The van der Waals surface area contributed by atoms with E-state index in [2.05, 4.69) is 5.32 Å². The van der Waals surface area contributed by atoms with Gasteiger partial charge >= 0.3 is 6.09 Å². The van der Waals surface area contributed by atoms with Gasteiger partial charge in [0.2, 0.25) is 0 Å². The second kappa shape index (κ2) is 11.0. The number of alkyl carbamates (subject to hydrolysis) is 1. The lowest BCUT2D eigenvalue weighted by atomic mass is 10.1.